The average Bonchev–Trinajstić information content (AvgIpc) is 2.47. The average molecular weight is 275 g/mol. The molecule has 1 heterocycles. The van der Waals surface area contributed by atoms with Gasteiger partial charge in [-0.2, -0.15) is 15.0 Å². The highest BCUT2D eigenvalue weighted by Crippen LogP contribution is 2.24. The minimum absolute atomic E-state index is 0.223. The van der Waals surface area contributed by atoms with Crippen LogP contribution in [0.2, 0.25) is 0 Å². The first kappa shape index (κ1) is 13.9. The Morgan fingerprint density at radius 2 is 1.85 bits per heavy atom. The summed E-state index contributed by atoms with van der Waals surface area (Å²) >= 11 is 0. The summed E-state index contributed by atoms with van der Waals surface area (Å²) in [6.45, 7) is 0. The highest BCUT2D eigenvalue weighted by Gasteiger charge is 2.09. The van der Waals surface area contributed by atoms with Gasteiger partial charge in [-0.05, 0) is 12.1 Å². The maximum atomic E-state index is 5.65. The highest BCUT2D eigenvalue weighted by atomic mass is 16.5. The molecule has 0 bridgehead atoms. The summed E-state index contributed by atoms with van der Waals surface area (Å²) in [5, 5.41) is 2.88. The summed E-state index contributed by atoms with van der Waals surface area (Å²) in [6, 6.07) is 7.46. The quantitative estimate of drug-likeness (QED) is 0.891. The second kappa shape index (κ2) is 6.05. The fourth-order valence-corrected chi connectivity index (χ4v) is 1.47. The van der Waals surface area contributed by atoms with Crippen LogP contribution in [-0.4, -0.2) is 43.2 Å². The molecular weight excluding hydrogens is 258 g/mol. The van der Waals surface area contributed by atoms with Gasteiger partial charge in [-0.25, -0.2) is 0 Å². The van der Waals surface area contributed by atoms with E-state index in [1.165, 1.54) is 0 Å². The molecule has 0 radical (unpaired) electrons. The van der Waals surface area contributed by atoms with Crippen molar-refractivity contribution in [3.63, 3.8) is 0 Å². The molecule has 106 valence electrons. The normalized spacial score (nSPS) is 10.0. The Morgan fingerprint density at radius 1 is 1.10 bits per heavy atom. The van der Waals surface area contributed by atoms with Crippen LogP contribution < -0.4 is 19.7 Å². The van der Waals surface area contributed by atoms with E-state index < -0.39 is 0 Å². The predicted molar refractivity (Wildman–Crippen MR) is 76.8 cm³/mol. The summed E-state index contributed by atoms with van der Waals surface area (Å²) in [7, 11) is 7.05. The molecule has 0 fully saturated rings. The smallest absolute Gasteiger partial charge is 0.328 e. The lowest BCUT2D eigenvalue weighted by molar-refractivity contribution is 0.404. The van der Waals surface area contributed by atoms with Crippen molar-refractivity contribution < 1.29 is 9.47 Å². The number of benzene rings is 1. The molecule has 0 unspecified atom stereocenters. The van der Waals surface area contributed by atoms with Gasteiger partial charge in [-0.15, -0.1) is 0 Å². The number of ether oxygens (including phenoxy) is 2. The number of methoxy groups -OCH3 is 1. The van der Waals surface area contributed by atoms with Crippen molar-refractivity contribution in [2.45, 2.75) is 0 Å². The second-order valence-corrected chi connectivity index (χ2v) is 4.17. The zero-order chi connectivity index (χ0) is 14.5. The van der Waals surface area contributed by atoms with Gasteiger partial charge in [0.15, 0.2) is 0 Å². The monoisotopic (exact) mass is 275 g/mol. The molecule has 7 heteroatoms. The number of rotatable bonds is 5. The number of aromatic nitrogens is 3. The van der Waals surface area contributed by atoms with E-state index >= 15 is 0 Å². The van der Waals surface area contributed by atoms with E-state index in [-0.39, 0.29) is 6.01 Å². The fraction of sp³-hybridized carbons (Fsp3) is 0.308. The third kappa shape index (κ3) is 3.25. The van der Waals surface area contributed by atoms with Gasteiger partial charge in [0.1, 0.15) is 11.5 Å². The van der Waals surface area contributed by atoms with Crippen LogP contribution in [0, 0.1) is 0 Å². The predicted octanol–water partition coefficient (Wildman–Crippen LogP) is 1.78. The van der Waals surface area contributed by atoms with Crippen LogP contribution in [0.1, 0.15) is 0 Å². The Kier molecular flexibility index (Phi) is 4.19. The van der Waals surface area contributed by atoms with E-state index in [9.17, 15) is 0 Å². The Labute approximate surface area is 117 Å². The summed E-state index contributed by atoms with van der Waals surface area (Å²) in [5.41, 5.74) is 0. The van der Waals surface area contributed by atoms with Crippen molar-refractivity contribution in [1.82, 2.24) is 15.0 Å². The lowest BCUT2D eigenvalue weighted by atomic mass is 10.3. The maximum Gasteiger partial charge on any atom is 0.328 e. The van der Waals surface area contributed by atoms with Crippen molar-refractivity contribution in [2.75, 3.05) is 38.5 Å². The Hall–Kier alpha value is -2.57. The summed E-state index contributed by atoms with van der Waals surface area (Å²) in [4.78, 5) is 14.4. The van der Waals surface area contributed by atoms with Crippen molar-refractivity contribution in [3.8, 4) is 17.5 Å². The number of nitrogens with one attached hydrogen (secondary N) is 1. The van der Waals surface area contributed by atoms with Crippen LogP contribution in [0.5, 0.6) is 17.5 Å². The Morgan fingerprint density at radius 3 is 2.50 bits per heavy atom. The molecule has 2 aromatic rings. The molecule has 1 aromatic heterocycles. The number of anilines is 2. The molecule has 0 amide bonds. The largest absolute Gasteiger partial charge is 0.497 e. The summed E-state index contributed by atoms with van der Waals surface area (Å²) in [6.07, 6.45) is 0. The second-order valence-electron chi connectivity index (χ2n) is 4.17. The first-order valence-electron chi connectivity index (χ1n) is 6.05. The number of hydrogen-bond donors (Lipinski definition) is 1. The van der Waals surface area contributed by atoms with Crippen molar-refractivity contribution >= 4 is 11.9 Å². The van der Waals surface area contributed by atoms with E-state index in [4.69, 9.17) is 9.47 Å². The molecule has 2 rings (SSSR count). The van der Waals surface area contributed by atoms with Crippen LogP contribution in [-0.2, 0) is 0 Å². The van der Waals surface area contributed by atoms with Gasteiger partial charge < -0.3 is 19.7 Å². The van der Waals surface area contributed by atoms with Gasteiger partial charge in [0.25, 0.3) is 0 Å². The van der Waals surface area contributed by atoms with Crippen molar-refractivity contribution in [2.24, 2.45) is 0 Å². The van der Waals surface area contributed by atoms with Crippen LogP contribution >= 0.6 is 0 Å². The molecule has 0 spiro atoms. The van der Waals surface area contributed by atoms with Gasteiger partial charge in [0.2, 0.25) is 11.9 Å². The minimum Gasteiger partial charge on any atom is -0.497 e. The summed E-state index contributed by atoms with van der Waals surface area (Å²) < 4.78 is 10.8. The zero-order valence-corrected chi connectivity index (χ0v) is 11.9. The van der Waals surface area contributed by atoms with E-state index in [0.717, 1.165) is 0 Å². The fourth-order valence-electron chi connectivity index (χ4n) is 1.47. The SMILES string of the molecule is CNc1nc(Oc2cccc(OC)c2)nc(N(C)C)n1. The highest BCUT2D eigenvalue weighted by molar-refractivity contribution is 5.39. The summed E-state index contributed by atoms with van der Waals surface area (Å²) in [5.74, 6) is 2.27. The first-order valence-corrected chi connectivity index (χ1v) is 6.05. The molecule has 1 N–H and O–H groups in total. The lowest BCUT2D eigenvalue weighted by Crippen LogP contribution is -2.15. The van der Waals surface area contributed by atoms with Crippen LogP contribution in [0.3, 0.4) is 0 Å². The number of nitrogens with zero attached hydrogens (tertiary/aromatic N) is 4. The molecule has 0 saturated carbocycles. The Balaban J connectivity index is 2.29. The maximum absolute atomic E-state index is 5.65. The standard InChI is InChI=1S/C13H17N5O2/c1-14-11-15-12(18(2)3)17-13(16-11)20-10-7-5-6-9(8-10)19-4/h5-8H,1-4H3,(H,14,15,16,17). The van der Waals surface area contributed by atoms with Crippen molar-refractivity contribution in [3.05, 3.63) is 24.3 Å². The zero-order valence-electron chi connectivity index (χ0n) is 11.9. The molecule has 0 aliphatic carbocycles. The molecule has 1 aromatic carbocycles. The molecule has 7 nitrogen and oxygen atoms in total. The van der Waals surface area contributed by atoms with Crippen molar-refractivity contribution in [1.29, 1.82) is 0 Å². The molecular formula is C13H17N5O2. The molecule has 0 aliphatic rings. The third-order valence-electron chi connectivity index (χ3n) is 2.48. The van der Waals surface area contributed by atoms with Crippen LogP contribution in [0.25, 0.3) is 0 Å². The molecule has 0 atom stereocenters. The van der Waals surface area contributed by atoms with E-state index in [1.807, 2.05) is 26.2 Å². The third-order valence-corrected chi connectivity index (χ3v) is 2.48. The van der Waals surface area contributed by atoms with Gasteiger partial charge in [-0.3, -0.25) is 0 Å². The van der Waals surface area contributed by atoms with E-state index in [1.54, 1.807) is 31.2 Å². The molecule has 0 saturated heterocycles. The van der Waals surface area contributed by atoms with E-state index in [0.29, 0.717) is 23.4 Å². The number of hydrogen-bond acceptors (Lipinski definition) is 7. The van der Waals surface area contributed by atoms with Gasteiger partial charge in [-0.1, -0.05) is 6.07 Å². The molecule has 0 aliphatic heterocycles. The lowest BCUT2D eigenvalue weighted by Gasteiger charge is -2.12. The van der Waals surface area contributed by atoms with Gasteiger partial charge in [0, 0.05) is 27.2 Å². The Bertz CT molecular complexity index is 589. The van der Waals surface area contributed by atoms with Crippen LogP contribution in [0.4, 0.5) is 11.9 Å². The minimum atomic E-state index is 0.223. The molecule has 20 heavy (non-hydrogen) atoms. The first-order chi connectivity index (χ1) is 9.62. The van der Waals surface area contributed by atoms with Gasteiger partial charge >= 0.3 is 6.01 Å². The van der Waals surface area contributed by atoms with Crippen LogP contribution in [0.15, 0.2) is 24.3 Å². The van der Waals surface area contributed by atoms with Gasteiger partial charge in [0.05, 0.1) is 7.11 Å². The van der Waals surface area contributed by atoms with E-state index in [2.05, 4.69) is 20.3 Å². The topological polar surface area (TPSA) is 72.4 Å².